The van der Waals surface area contributed by atoms with Gasteiger partial charge in [0.25, 0.3) is 0 Å². The Bertz CT molecular complexity index is 806. The number of unbranched alkanes of at least 4 members (excludes halogenated alkanes) is 1. The normalized spacial score (nSPS) is 18.1. The lowest BCUT2D eigenvalue weighted by Crippen LogP contribution is -2.47. The van der Waals surface area contributed by atoms with Crippen LogP contribution in [0.1, 0.15) is 43.6 Å². The van der Waals surface area contributed by atoms with Crippen molar-refractivity contribution in [3.8, 4) is 11.5 Å². The van der Waals surface area contributed by atoms with Crippen LogP contribution in [0.3, 0.4) is 0 Å². The summed E-state index contributed by atoms with van der Waals surface area (Å²) in [5, 5.41) is 12.5. The van der Waals surface area contributed by atoms with Crippen molar-refractivity contribution in [1.82, 2.24) is 30.0 Å². The van der Waals surface area contributed by atoms with Crippen molar-refractivity contribution in [2.75, 3.05) is 46.7 Å². The molecular formula is C21H32N6O3. The maximum Gasteiger partial charge on any atom is 0.231 e. The zero-order valence-corrected chi connectivity index (χ0v) is 18.0. The number of ether oxygens (including phenoxy) is 3. The number of tetrazole rings is 1. The molecule has 1 saturated heterocycles. The molecule has 9 nitrogen and oxygen atoms in total. The van der Waals surface area contributed by atoms with E-state index < -0.39 is 0 Å². The van der Waals surface area contributed by atoms with Gasteiger partial charge in [-0.1, -0.05) is 25.8 Å². The Morgan fingerprint density at radius 3 is 2.77 bits per heavy atom. The highest BCUT2D eigenvalue weighted by atomic mass is 16.7. The minimum Gasteiger partial charge on any atom is -0.454 e. The van der Waals surface area contributed by atoms with E-state index >= 15 is 0 Å². The fourth-order valence-corrected chi connectivity index (χ4v) is 4.19. The van der Waals surface area contributed by atoms with E-state index in [4.69, 9.17) is 14.2 Å². The van der Waals surface area contributed by atoms with Gasteiger partial charge in [0.1, 0.15) is 0 Å². The standard InChI is InChI=1S/C21H32N6O3/c1-3-4-5-18(21-22-23-24-27(21)12-13-28-2)26-10-8-25(9-11-26)15-17-6-7-19-20(14-17)30-16-29-19/h6-7,14,18H,3-5,8-13,15-16H2,1-2H3/t18-/m1/s1. The summed E-state index contributed by atoms with van der Waals surface area (Å²) in [5.74, 6) is 2.66. The van der Waals surface area contributed by atoms with Gasteiger partial charge in [-0.3, -0.25) is 9.80 Å². The van der Waals surface area contributed by atoms with Gasteiger partial charge in [-0.05, 0) is 34.5 Å². The average Bonchev–Trinajstić information content (AvgIpc) is 3.43. The Kier molecular flexibility index (Phi) is 7.14. The summed E-state index contributed by atoms with van der Waals surface area (Å²) in [4.78, 5) is 5.04. The molecule has 30 heavy (non-hydrogen) atoms. The summed E-state index contributed by atoms with van der Waals surface area (Å²) >= 11 is 0. The second-order valence-corrected chi connectivity index (χ2v) is 7.91. The highest BCUT2D eigenvalue weighted by molar-refractivity contribution is 5.44. The number of nitrogens with zero attached hydrogens (tertiary/aromatic N) is 6. The summed E-state index contributed by atoms with van der Waals surface area (Å²) in [5.41, 5.74) is 1.26. The SMILES string of the molecule is CCCC[C@H](c1nnnn1CCOC)N1CCN(Cc2ccc3c(c2)OCO3)CC1. The van der Waals surface area contributed by atoms with Gasteiger partial charge in [0.2, 0.25) is 6.79 Å². The Labute approximate surface area is 177 Å². The molecule has 0 radical (unpaired) electrons. The fourth-order valence-electron chi connectivity index (χ4n) is 4.19. The number of fused-ring (bicyclic) bond motifs is 1. The van der Waals surface area contributed by atoms with Gasteiger partial charge in [0.05, 0.1) is 19.2 Å². The Balaban J connectivity index is 1.37. The lowest BCUT2D eigenvalue weighted by Gasteiger charge is -2.38. The number of methoxy groups -OCH3 is 1. The van der Waals surface area contributed by atoms with E-state index in [2.05, 4.69) is 44.4 Å². The van der Waals surface area contributed by atoms with Crippen molar-refractivity contribution < 1.29 is 14.2 Å². The minimum absolute atomic E-state index is 0.254. The van der Waals surface area contributed by atoms with Crippen molar-refractivity contribution in [1.29, 1.82) is 0 Å². The smallest absolute Gasteiger partial charge is 0.231 e. The molecule has 2 aliphatic rings. The zero-order chi connectivity index (χ0) is 20.8. The minimum atomic E-state index is 0.254. The third kappa shape index (κ3) is 4.91. The number of hydrogen-bond donors (Lipinski definition) is 0. The molecule has 2 aromatic rings. The monoisotopic (exact) mass is 416 g/mol. The Hall–Kier alpha value is -2.23. The molecule has 0 bridgehead atoms. The Morgan fingerprint density at radius 1 is 1.13 bits per heavy atom. The van der Waals surface area contributed by atoms with E-state index in [-0.39, 0.29) is 6.04 Å². The first-order chi connectivity index (χ1) is 14.8. The largest absolute Gasteiger partial charge is 0.454 e. The van der Waals surface area contributed by atoms with Gasteiger partial charge in [-0.25, -0.2) is 4.68 Å². The summed E-state index contributed by atoms with van der Waals surface area (Å²) in [6.45, 7) is 8.84. The lowest BCUT2D eigenvalue weighted by atomic mass is 10.1. The van der Waals surface area contributed by atoms with Gasteiger partial charge in [-0.2, -0.15) is 0 Å². The average molecular weight is 417 g/mol. The molecule has 0 unspecified atom stereocenters. The maximum atomic E-state index is 5.52. The highest BCUT2D eigenvalue weighted by Crippen LogP contribution is 2.33. The van der Waals surface area contributed by atoms with Gasteiger partial charge in [0.15, 0.2) is 17.3 Å². The van der Waals surface area contributed by atoms with Crippen LogP contribution in [0.15, 0.2) is 18.2 Å². The van der Waals surface area contributed by atoms with Crippen LogP contribution in [0.25, 0.3) is 0 Å². The van der Waals surface area contributed by atoms with E-state index in [0.717, 1.165) is 56.5 Å². The van der Waals surface area contributed by atoms with Crippen molar-refractivity contribution in [3.63, 3.8) is 0 Å². The molecule has 0 N–H and O–H groups in total. The van der Waals surface area contributed by atoms with Crippen LogP contribution < -0.4 is 9.47 Å². The molecule has 0 aliphatic carbocycles. The second kappa shape index (κ2) is 10.2. The van der Waals surface area contributed by atoms with E-state index in [1.54, 1.807) is 7.11 Å². The van der Waals surface area contributed by atoms with Crippen LogP contribution in [0.2, 0.25) is 0 Å². The van der Waals surface area contributed by atoms with Crippen LogP contribution in [0.4, 0.5) is 0 Å². The first-order valence-electron chi connectivity index (χ1n) is 10.9. The third-order valence-electron chi connectivity index (χ3n) is 5.89. The molecule has 2 aliphatic heterocycles. The lowest BCUT2D eigenvalue weighted by molar-refractivity contribution is 0.0801. The topological polar surface area (TPSA) is 77.8 Å². The molecule has 1 aromatic heterocycles. The number of rotatable bonds is 10. The van der Waals surface area contributed by atoms with Gasteiger partial charge in [0, 0.05) is 39.8 Å². The summed E-state index contributed by atoms with van der Waals surface area (Å²) in [7, 11) is 1.71. The molecule has 164 valence electrons. The first-order valence-corrected chi connectivity index (χ1v) is 10.9. The molecule has 4 rings (SSSR count). The van der Waals surface area contributed by atoms with Crippen molar-refractivity contribution >= 4 is 0 Å². The molecule has 1 fully saturated rings. The quantitative estimate of drug-likeness (QED) is 0.583. The van der Waals surface area contributed by atoms with Gasteiger partial charge < -0.3 is 14.2 Å². The number of aromatic nitrogens is 4. The zero-order valence-electron chi connectivity index (χ0n) is 18.0. The van der Waals surface area contributed by atoms with Crippen LogP contribution in [-0.4, -0.2) is 76.7 Å². The van der Waals surface area contributed by atoms with E-state index in [1.165, 1.54) is 18.4 Å². The van der Waals surface area contributed by atoms with E-state index in [9.17, 15) is 0 Å². The molecule has 1 atom stereocenters. The van der Waals surface area contributed by atoms with Crippen molar-refractivity contribution in [2.24, 2.45) is 0 Å². The molecular weight excluding hydrogens is 384 g/mol. The van der Waals surface area contributed by atoms with Gasteiger partial charge in [-0.15, -0.1) is 5.10 Å². The Morgan fingerprint density at radius 2 is 1.97 bits per heavy atom. The van der Waals surface area contributed by atoms with Crippen LogP contribution in [0.5, 0.6) is 11.5 Å². The second-order valence-electron chi connectivity index (χ2n) is 7.91. The van der Waals surface area contributed by atoms with E-state index in [0.29, 0.717) is 19.9 Å². The molecule has 1 aromatic carbocycles. The van der Waals surface area contributed by atoms with E-state index in [1.807, 2.05) is 10.7 Å². The van der Waals surface area contributed by atoms with Crippen molar-refractivity contribution in [2.45, 2.75) is 45.3 Å². The number of benzene rings is 1. The molecule has 9 heteroatoms. The predicted molar refractivity (Wildman–Crippen MR) is 111 cm³/mol. The highest BCUT2D eigenvalue weighted by Gasteiger charge is 2.29. The van der Waals surface area contributed by atoms with Gasteiger partial charge >= 0.3 is 0 Å². The maximum absolute atomic E-state index is 5.52. The van der Waals surface area contributed by atoms with Crippen molar-refractivity contribution in [3.05, 3.63) is 29.6 Å². The molecule has 0 amide bonds. The molecule has 3 heterocycles. The summed E-state index contributed by atoms with van der Waals surface area (Å²) in [6.07, 6.45) is 3.41. The first kappa shape index (κ1) is 21.0. The van der Waals surface area contributed by atoms with Crippen LogP contribution >= 0.6 is 0 Å². The summed E-state index contributed by atoms with van der Waals surface area (Å²) in [6, 6.07) is 6.50. The van der Waals surface area contributed by atoms with Crippen LogP contribution in [-0.2, 0) is 17.8 Å². The predicted octanol–water partition coefficient (Wildman–Crippen LogP) is 2.10. The number of piperazine rings is 1. The molecule has 0 spiro atoms. The number of hydrogen-bond acceptors (Lipinski definition) is 8. The van der Waals surface area contributed by atoms with Crippen LogP contribution in [0, 0.1) is 0 Å². The molecule has 0 saturated carbocycles. The third-order valence-corrected chi connectivity index (χ3v) is 5.89. The summed E-state index contributed by atoms with van der Waals surface area (Å²) < 4.78 is 18.1. The fraction of sp³-hybridized carbons (Fsp3) is 0.667.